The van der Waals surface area contributed by atoms with E-state index in [9.17, 15) is 4.79 Å². The van der Waals surface area contributed by atoms with Crippen molar-refractivity contribution in [3.8, 4) is 17.2 Å². The standard InChI is InChI=1S/C19H17NO3/c1-2-8-14-9-6-7-12-17(14)23-19(21)16-13-22-18(20-16)15-10-4-3-5-11-15/h3-7,9-13H,2,8H2,1H3. The molecule has 0 aliphatic carbocycles. The molecular formula is C19H17NO3. The van der Waals surface area contributed by atoms with E-state index in [0.717, 1.165) is 24.0 Å². The summed E-state index contributed by atoms with van der Waals surface area (Å²) < 4.78 is 10.8. The first-order valence-electron chi connectivity index (χ1n) is 7.59. The van der Waals surface area contributed by atoms with Crippen LogP contribution in [0.5, 0.6) is 5.75 Å². The molecule has 0 fully saturated rings. The van der Waals surface area contributed by atoms with Crippen molar-refractivity contribution >= 4 is 5.97 Å². The van der Waals surface area contributed by atoms with Crippen LogP contribution in [-0.2, 0) is 6.42 Å². The van der Waals surface area contributed by atoms with Gasteiger partial charge in [0, 0.05) is 5.56 Å². The molecule has 0 saturated carbocycles. The van der Waals surface area contributed by atoms with Crippen LogP contribution in [0, 0.1) is 0 Å². The molecule has 0 aliphatic heterocycles. The maximum atomic E-state index is 12.3. The summed E-state index contributed by atoms with van der Waals surface area (Å²) in [5, 5.41) is 0. The molecule has 0 aliphatic rings. The predicted octanol–water partition coefficient (Wildman–Crippen LogP) is 4.51. The van der Waals surface area contributed by atoms with Crippen molar-refractivity contribution in [1.82, 2.24) is 4.98 Å². The van der Waals surface area contributed by atoms with Gasteiger partial charge in [-0.15, -0.1) is 0 Å². The van der Waals surface area contributed by atoms with Gasteiger partial charge in [-0.3, -0.25) is 0 Å². The molecule has 1 aromatic heterocycles. The average molecular weight is 307 g/mol. The highest BCUT2D eigenvalue weighted by molar-refractivity contribution is 5.89. The Morgan fingerprint density at radius 3 is 2.61 bits per heavy atom. The summed E-state index contributed by atoms with van der Waals surface area (Å²) in [7, 11) is 0. The van der Waals surface area contributed by atoms with Gasteiger partial charge in [0.05, 0.1) is 0 Å². The highest BCUT2D eigenvalue weighted by Crippen LogP contribution is 2.22. The van der Waals surface area contributed by atoms with E-state index < -0.39 is 5.97 Å². The van der Waals surface area contributed by atoms with E-state index in [1.807, 2.05) is 48.5 Å². The number of hydrogen-bond donors (Lipinski definition) is 0. The molecule has 0 saturated heterocycles. The minimum atomic E-state index is -0.514. The van der Waals surface area contributed by atoms with Crippen LogP contribution in [0.2, 0.25) is 0 Å². The molecule has 2 aromatic carbocycles. The van der Waals surface area contributed by atoms with Crippen LogP contribution in [0.3, 0.4) is 0 Å². The quantitative estimate of drug-likeness (QED) is 0.514. The van der Waals surface area contributed by atoms with Crippen molar-refractivity contribution in [2.75, 3.05) is 0 Å². The van der Waals surface area contributed by atoms with Gasteiger partial charge in [0.25, 0.3) is 0 Å². The molecule has 0 unspecified atom stereocenters. The van der Waals surface area contributed by atoms with Crippen molar-refractivity contribution in [2.45, 2.75) is 19.8 Å². The van der Waals surface area contributed by atoms with Crippen molar-refractivity contribution < 1.29 is 13.9 Å². The van der Waals surface area contributed by atoms with Crippen LogP contribution >= 0.6 is 0 Å². The number of aryl methyl sites for hydroxylation is 1. The van der Waals surface area contributed by atoms with Gasteiger partial charge in [-0.05, 0) is 30.2 Å². The number of rotatable bonds is 5. The van der Waals surface area contributed by atoms with E-state index in [4.69, 9.17) is 9.15 Å². The molecule has 3 aromatic rings. The molecule has 0 bridgehead atoms. The first kappa shape index (κ1) is 15.0. The first-order valence-corrected chi connectivity index (χ1v) is 7.59. The Labute approximate surface area is 134 Å². The van der Waals surface area contributed by atoms with Gasteiger partial charge >= 0.3 is 5.97 Å². The van der Waals surface area contributed by atoms with E-state index in [1.54, 1.807) is 6.07 Å². The van der Waals surface area contributed by atoms with Gasteiger partial charge in [-0.25, -0.2) is 9.78 Å². The molecule has 0 atom stereocenters. The highest BCUT2D eigenvalue weighted by Gasteiger charge is 2.16. The fourth-order valence-electron chi connectivity index (χ4n) is 2.31. The summed E-state index contributed by atoms with van der Waals surface area (Å²) in [5.74, 6) is 0.461. The van der Waals surface area contributed by atoms with Crippen LogP contribution < -0.4 is 4.74 Å². The Morgan fingerprint density at radius 2 is 1.83 bits per heavy atom. The van der Waals surface area contributed by atoms with E-state index in [2.05, 4.69) is 11.9 Å². The molecular weight excluding hydrogens is 290 g/mol. The summed E-state index contributed by atoms with van der Waals surface area (Å²) >= 11 is 0. The maximum Gasteiger partial charge on any atom is 0.365 e. The van der Waals surface area contributed by atoms with E-state index in [0.29, 0.717) is 11.6 Å². The number of nitrogens with zero attached hydrogens (tertiary/aromatic N) is 1. The Balaban J connectivity index is 1.78. The molecule has 116 valence electrons. The SMILES string of the molecule is CCCc1ccccc1OC(=O)c1coc(-c2ccccc2)n1. The number of aromatic nitrogens is 1. The number of esters is 1. The zero-order valence-electron chi connectivity index (χ0n) is 12.9. The highest BCUT2D eigenvalue weighted by atomic mass is 16.5. The normalized spacial score (nSPS) is 10.5. The Morgan fingerprint density at radius 1 is 1.09 bits per heavy atom. The van der Waals surface area contributed by atoms with Gasteiger partial charge < -0.3 is 9.15 Å². The molecule has 1 heterocycles. The Kier molecular flexibility index (Phi) is 4.52. The van der Waals surface area contributed by atoms with Gasteiger partial charge in [0.1, 0.15) is 12.0 Å². The van der Waals surface area contributed by atoms with Crippen LogP contribution in [0.25, 0.3) is 11.5 Å². The molecule has 3 rings (SSSR count). The Bertz CT molecular complexity index is 793. The van der Waals surface area contributed by atoms with Crippen molar-refractivity contribution in [1.29, 1.82) is 0 Å². The summed E-state index contributed by atoms with van der Waals surface area (Å²) in [6, 6.07) is 17.0. The molecule has 0 spiro atoms. The smallest absolute Gasteiger partial charge is 0.365 e. The number of oxazole rings is 1. The third-order valence-electron chi connectivity index (χ3n) is 3.43. The average Bonchev–Trinajstić information content (AvgIpc) is 3.08. The molecule has 23 heavy (non-hydrogen) atoms. The largest absolute Gasteiger partial charge is 0.444 e. The lowest BCUT2D eigenvalue weighted by molar-refractivity contribution is 0.0727. The first-order chi connectivity index (χ1) is 11.3. The minimum absolute atomic E-state index is 0.162. The minimum Gasteiger partial charge on any atom is -0.444 e. The molecule has 0 amide bonds. The molecule has 4 nitrogen and oxygen atoms in total. The maximum absolute atomic E-state index is 12.3. The second-order valence-electron chi connectivity index (χ2n) is 5.15. The summed E-state index contributed by atoms with van der Waals surface area (Å²) in [5.41, 5.74) is 1.99. The number of carbonyl (C=O) groups is 1. The zero-order valence-corrected chi connectivity index (χ0v) is 12.9. The second kappa shape index (κ2) is 6.92. The third kappa shape index (κ3) is 3.48. The van der Waals surface area contributed by atoms with Crippen molar-refractivity contribution in [3.63, 3.8) is 0 Å². The summed E-state index contributed by atoms with van der Waals surface area (Å²) in [4.78, 5) is 16.5. The van der Waals surface area contributed by atoms with Gasteiger partial charge in [-0.1, -0.05) is 49.7 Å². The van der Waals surface area contributed by atoms with Crippen LogP contribution in [0.1, 0.15) is 29.4 Å². The summed E-state index contributed by atoms with van der Waals surface area (Å²) in [6.45, 7) is 2.09. The predicted molar refractivity (Wildman–Crippen MR) is 87.3 cm³/mol. The van der Waals surface area contributed by atoms with Crippen molar-refractivity contribution in [2.24, 2.45) is 0 Å². The third-order valence-corrected chi connectivity index (χ3v) is 3.43. The lowest BCUT2D eigenvalue weighted by Gasteiger charge is -2.07. The van der Waals surface area contributed by atoms with Crippen LogP contribution in [0.4, 0.5) is 0 Å². The van der Waals surface area contributed by atoms with Crippen LogP contribution in [0.15, 0.2) is 65.3 Å². The van der Waals surface area contributed by atoms with Gasteiger partial charge in [0.2, 0.25) is 5.89 Å². The monoisotopic (exact) mass is 307 g/mol. The number of benzene rings is 2. The van der Waals surface area contributed by atoms with E-state index >= 15 is 0 Å². The number of para-hydroxylation sites is 1. The van der Waals surface area contributed by atoms with Crippen LogP contribution in [-0.4, -0.2) is 11.0 Å². The Hall–Kier alpha value is -2.88. The zero-order chi connectivity index (χ0) is 16.1. The van der Waals surface area contributed by atoms with Crippen molar-refractivity contribution in [3.05, 3.63) is 72.1 Å². The van der Waals surface area contributed by atoms with E-state index in [1.165, 1.54) is 6.26 Å². The summed E-state index contributed by atoms with van der Waals surface area (Å²) in [6.07, 6.45) is 3.17. The molecule has 4 heteroatoms. The number of carbonyl (C=O) groups excluding carboxylic acids is 1. The van der Waals surface area contributed by atoms with E-state index in [-0.39, 0.29) is 5.69 Å². The van der Waals surface area contributed by atoms with Gasteiger partial charge in [0.15, 0.2) is 5.69 Å². The fourth-order valence-corrected chi connectivity index (χ4v) is 2.31. The molecule has 0 radical (unpaired) electrons. The van der Waals surface area contributed by atoms with Gasteiger partial charge in [-0.2, -0.15) is 0 Å². The fraction of sp³-hybridized carbons (Fsp3) is 0.158. The topological polar surface area (TPSA) is 52.3 Å². The lowest BCUT2D eigenvalue weighted by Crippen LogP contribution is -2.10. The number of hydrogen-bond acceptors (Lipinski definition) is 4. The number of ether oxygens (including phenoxy) is 1. The lowest BCUT2D eigenvalue weighted by atomic mass is 10.1. The molecule has 0 N–H and O–H groups in total. The second-order valence-corrected chi connectivity index (χ2v) is 5.15.